The molecule has 0 saturated carbocycles. The minimum absolute atomic E-state index is 0.241. The average Bonchev–Trinajstić information content (AvgIpc) is 3.03. The van der Waals surface area contributed by atoms with Crippen LogP contribution >= 0.6 is 0 Å². The predicted octanol–water partition coefficient (Wildman–Crippen LogP) is 2.25. The second kappa shape index (κ2) is 6.52. The van der Waals surface area contributed by atoms with E-state index in [0.29, 0.717) is 0 Å². The number of furan rings is 1. The van der Waals surface area contributed by atoms with Crippen molar-refractivity contribution in [2.45, 2.75) is 39.2 Å². The molecule has 0 fully saturated rings. The van der Waals surface area contributed by atoms with Gasteiger partial charge in [-0.15, -0.1) is 5.10 Å². The molecule has 1 atom stereocenters. The fourth-order valence-electron chi connectivity index (χ4n) is 2.26. The number of nitrogens with zero attached hydrogens (tertiary/aromatic N) is 3. The number of hydrogen-bond acceptors (Lipinski definition) is 4. The molecule has 0 aliphatic rings. The first-order valence-corrected chi connectivity index (χ1v) is 6.89. The Morgan fingerprint density at radius 2 is 2.26 bits per heavy atom. The maximum Gasteiger partial charge on any atom is 0.108 e. The third kappa shape index (κ3) is 3.44. The summed E-state index contributed by atoms with van der Waals surface area (Å²) in [6, 6.07) is 2.30. The minimum Gasteiger partial charge on any atom is -0.469 e. The van der Waals surface area contributed by atoms with E-state index in [1.165, 1.54) is 5.56 Å². The number of hydrogen-bond donors (Lipinski definition) is 1. The van der Waals surface area contributed by atoms with Crippen molar-refractivity contribution in [1.82, 2.24) is 20.3 Å². The molecule has 0 saturated heterocycles. The highest BCUT2D eigenvalue weighted by atomic mass is 16.3. The molecule has 0 amide bonds. The first-order chi connectivity index (χ1) is 9.24. The van der Waals surface area contributed by atoms with Crippen molar-refractivity contribution in [3.05, 3.63) is 35.5 Å². The van der Waals surface area contributed by atoms with Crippen molar-refractivity contribution in [2.75, 3.05) is 6.54 Å². The lowest BCUT2D eigenvalue weighted by molar-refractivity contribution is 0.479. The van der Waals surface area contributed by atoms with E-state index in [9.17, 15) is 0 Å². The van der Waals surface area contributed by atoms with E-state index < -0.39 is 0 Å². The molecule has 0 aromatic carbocycles. The Kier molecular flexibility index (Phi) is 4.74. The van der Waals surface area contributed by atoms with Crippen LogP contribution in [0.3, 0.4) is 0 Å². The Bertz CT molecular complexity index is 503. The minimum atomic E-state index is 0.241. The number of rotatable bonds is 7. The van der Waals surface area contributed by atoms with Crippen molar-refractivity contribution in [2.24, 2.45) is 7.05 Å². The molecule has 5 nitrogen and oxygen atoms in total. The summed E-state index contributed by atoms with van der Waals surface area (Å²) in [5, 5.41) is 11.7. The maximum absolute atomic E-state index is 5.54. The summed E-state index contributed by atoms with van der Waals surface area (Å²) < 4.78 is 7.27. The molecule has 2 aromatic heterocycles. The summed E-state index contributed by atoms with van der Waals surface area (Å²) in [4.78, 5) is 0. The van der Waals surface area contributed by atoms with Crippen LogP contribution in [0.15, 0.2) is 22.9 Å². The first-order valence-electron chi connectivity index (χ1n) is 6.89. The monoisotopic (exact) mass is 262 g/mol. The van der Waals surface area contributed by atoms with Crippen molar-refractivity contribution >= 4 is 0 Å². The highest BCUT2D eigenvalue weighted by molar-refractivity contribution is 5.23. The fourth-order valence-corrected chi connectivity index (χ4v) is 2.26. The molecule has 19 heavy (non-hydrogen) atoms. The van der Waals surface area contributed by atoms with Gasteiger partial charge in [0.2, 0.25) is 0 Å². The summed E-state index contributed by atoms with van der Waals surface area (Å²) in [5.41, 5.74) is 2.24. The van der Waals surface area contributed by atoms with Gasteiger partial charge in [-0.1, -0.05) is 19.1 Å². The van der Waals surface area contributed by atoms with E-state index >= 15 is 0 Å². The van der Waals surface area contributed by atoms with Gasteiger partial charge in [-0.25, -0.2) is 0 Å². The number of aromatic nitrogens is 3. The zero-order valence-corrected chi connectivity index (χ0v) is 11.9. The van der Waals surface area contributed by atoms with E-state index in [-0.39, 0.29) is 6.04 Å². The molecular weight excluding hydrogens is 240 g/mol. The van der Waals surface area contributed by atoms with Gasteiger partial charge in [-0.3, -0.25) is 4.68 Å². The lowest BCUT2D eigenvalue weighted by Crippen LogP contribution is -2.24. The molecule has 5 heteroatoms. The lowest BCUT2D eigenvalue weighted by atomic mass is 10.0. The van der Waals surface area contributed by atoms with Crippen LogP contribution in [-0.2, 0) is 19.9 Å². The molecule has 0 radical (unpaired) electrons. The van der Waals surface area contributed by atoms with Crippen LogP contribution in [0.5, 0.6) is 0 Å². The molecule has 1 N–H and O–H groups in total. The van der Waals surface area contributed by atoms with Crippen molar-refractivity contribution in [3.63, 3.8) is 0 Å². The van der Waals surface area contributed by atoms with Gasteiger partial charge >= 0.3 is 0 Å². The van der Waals surface area contributed by atoms with Crippen LogP contribution in [0.1, 0.15) is 43.3 Å². The van der Waals surface area contributed by atoms with E-state index in [4.69, 9.17) is 4.42 Å². The van der Waals surface area contributed by atoms with E-state index in [1.807, 2.05) is 13.2 Å². The van der Waals surface area contributed by atoms with Crippen molar-refractivity contribution < 1.29 is 4.42 Å². The normalized spacial score (nSPS) is 12.8. The third-order valence-electron chi connectivity index (χ3n) is 3.18. The van der Waals surface area contributed by atoms with Gasteiger partial charge in [0.05, 0.1) is 12.0 Å². The molecule has 1 unspecified atom stereocenters. The summed E-state index contributed by atoms with van der Waals surface area (Å²) >= 11 is 0. The molecule has 104 valence electrons. The Morgan fingerprint density at radius 1 is 1.42 bits per heavy atom. The van der Waals surface area contributed by atoms with Gasteiger partial charge < -0.3 is 9.73 Å². The van der Waals surface area contributed by atoms with Crippen LogP contribution in [0.2, 0.25) is 0 Å². The summed E-state index contributed by atoms with van der Waals surface area (Å²) in [6.45, 7) is 5.27. The summed E-state index contributed by atoms with van der Waals surface area (Å²) in [6.07, 6.45) is 6.58. The van der Waals surface area contributed by atoms with Crippen LogP contribution in [-0.4, -0.2) is 21.5 Å². The quantitative estimate of drug-likeness (QED) is 0.831. The summed E-state index contributed by atoms with van der Waals surface area (Å²) in [7, 11) is 1.89. The van der Waals surface area contributed by atoms with Gasteiger partial charge in [-0.05, 0) is 19.0 Å². The topological polar surface area (TPSA) is 55.9 Å². The zero-order valence-electron chi connectivity index (χ0n) is 11.9. The van der Waals surface area contributed by atoms with Gasteiger partial charge in [-0.2, -0.15) is 0 Å². The van der Waals surface area contributed by atoms with Crippen LogP contribution in [0.4, 0.5) is 0 Å². The summed E-state index contributed by atoms with van der Waals surface area (Å²) in [5.74, 6) is 1.05. The van der Waals surface area contributed by atoms with E-state index in [0.717, 1.165) is 37.3 Å². The van der Waals surface area contributed by atoms with Crippen LogP contribution in [0.25, 0.3) is 0 Å². The zero-order chi connectivity index (χ0) is 13.7. The predicted molar refractivity (Wildman–Crippen MR) is 73.8 cm³/mol. The van der Waals surface area contributed by atoms with Crippen LogP contribution in [0, 0.1) is 0 Å². The second-order valence-electron chi connectivity index (χ2n) is 4.75. The molecule has 0 aliphatic carbocycles. The average molecular weight is 262 g/mol. The number of nitrogens with one attached hydrogen (secondary N) is 1. The van der Waals surface area contributed by atoms with E-state index in [1.54, 1.807) is 10.9 Å². The fraction of sp³-hybridized carbons (Fsp3) is 0.571. The third-order valence-corrected chi connectivity index (χ3v) is 3.18. The van der Waals surface area contributed by atoms with Gasteiger partial charge in [0.25, 0.3) is 0 Å². The molecule has 2 heterocycles. The molecule has 2 aromatic rings. The second-order valence-corrected chi connectivity index (χ2v) is 4.75. The first kappa shape index (κ1) is 13.8. The Morgan fingerprint density at radius 3 is 2.89 bits per heavy atom. The maximum atomic E-state index is 5.54. The number of aryl methyl sites for hydroxylation is 2. The standard InChI is InChI=1S/C14H22N4O/c1-4-7-15-13(9-11-10-18(3)17-16-11)12-6-8-19-14(12)5-2/h6,8,10,13,15H,4-5,7,9H2,1-3H3. The highest BCUT2D eigenvalue weighted by Crippen LogP contribution is 2.23. The molecular formula is C14H22N4O. The Hall–Kier alpha value is -1.62. The smallest absolute Gasteiger partial charge is 0.108 e. The molecule has 2 rings (SSSR count). The van der Waals surface area contributed by atoms with Gasteiger partial charge in [0, 0.05) is 37.7 Å². The van der Waals surface area contributed by atoms with E-state index in [2.05, 4.69) is 35.5 Å². The van der Waals surface area contributed by atoms with Crippen LogP contribution < -0.4 is 5.32 Å². The lowest BCUT2D eigenvalue weighted by Gasteiger charge is -2.17. The Labute approximate surface area is 114 Å². The van der Waals surface area contributed by atoms with Crippen molar-refractivity contribution in [1.29, 1.82) is 0 Å². The largest absolute Gasteiger partial charge is 0.469 e. The van der Waals surface area contributed by atoms with Gasteiger partial charge in [0.1, 0.15) is 5.76 Å². The van der Waals surface area contributed by atoms with Gasteiger partial charge in [0.15, 0.2) is 0 Å². The molecule has 0 aliphatic heterocycles. The Balaban J connectivity index is 2.15. The highest BCUT2D eigenvalue weighted by Gasteiger charge is 2.18. The SMILES string of the molecule is CCCNC(Cc1cn(C)nn1)c1ccoc1CC. The molecule has 0 spiro atoms. The van der Waals surface area contributed by atoms with Crippen molar-refractivity contribution in [3.8, 4) is 0 Å². The molecule has 0 bridgehead atoms.